The fourth-order valence-electron chi connectivity index (χ4n) is 6.94. The fraction of sp³-hybridized carbons (Fsp3) is 0.500. The van der Waals surface area contributed by atoms with Crippen molar-refractivity contribution in [3.8, 4) is 29.1 Å². The monoisotopic (exact) mass is 462 g/mol. The Morgan fingerprint density at radius 2 is 1.79 bits per heavy atom. The van der Waals surface area contributed by atoms with E-state index in [1.54, 1.807) is 0 Å². The molecule has 2 bridgehead atoms. The smallest absolute Gasteiger partial charge is 0.231 e. The van der Waals surface area contributed by atoms with Crippen molar-refractivity contribution >= 4 is 0 Å². The van der Waals surface area contributed by atoms with Crippen LogP contribution in [0.5, 0.6) is 23.0 Å². The van der Waals surface area contributed by atoms with Crippen LogP contribution in [0.2, 0.25) is 0 Å². The molecule has 5 atom stereocenters. The zero-order valence-electron chi connectivity index (χ0n) is 19.9. The van der Waals surface area contributed by atoms with Crippen LogP contribution in [0.4, 0.5) is 0 Å². The van der Waals surface area contributed by atoms with Gasteiger partial charge in [-0.1, -0.05) is 6.07 Å². The lowest BCUT2D eigenvalue weighted by Crippen LogP contribution is -2.68. The number of rotatable bonds is 1. The summed E-state index contributed by atoms with van der Waals surface area (Å²) in [6.07, 6.45) is 1.19. The Bertz CT molecular complexity index is 1270. The molecule has 2 aromatic rings. The van der Waals surface area contributed by atoms with Gasteiger partial charge in [-0.2, -0.15) is 5.26 Å². The first kappa shape index (κ1) is 21.5. The van der Waals surface area contributed by atoms with Gasteiger partial charge in [0.2, 0.25) is 6.79 Å². The number of nitriles is 1. The SMILES string of the molecule is Cc1cc2c(c(O)c1C)[C@@H]1C3Cc4c(O)c(C)c5c(c4[C@H](CN)N3C(C#N)[C@H](C2)N1C)OCO5. The molecule has 0 saturated carbocycles. The van der Waals surface area contributed by atoms with Gasteiger partial charge in [-0.05, 0) is 57.4 Å². The third-order valence-corrected chi connectivity index (χ3v) is 8.68. The number of likely N-dealkylation sites (N-methyl/N-ethyl adjacent to an activating group) is 1. The summed E-state index contributed by atoms with van der Waals surface area (Å²) >= 11 is 0. The second kappa shape index (κ2) is 7.25. The number of hydrogen-bond donors (Lipinski definition) is 3. The summed E-state index contributed by atoms with van der Waals surface area (Å²) in [5, 5.41) is 32.9. The molecule has 0 aliphatic carbocycles. The molecule has 0 amide bonds. The average molecular weight is 463 g/mol. The van der Waals surface area contributed by atoms with E-state index in [0.717, 1.165) is 33.4 Å². The number of nitrogens with two attached hydrogens (primary N) is 1. The van der Waals surface area contributed by atoms with E-state index < -0.39 is 6.04 Å². The standard InChI is InChI=1S/C26H30N4O4/c1-11-5-14-6-16-18(8-27)30-17(22(29(16)4)20(14)24(32)12(11)2)7-15-21(19(30)9-28)26-25(33-10-34-26)13(3)23(15)31/h5,16-19,22,31-32H,6-7,9-10,28H2,1-4H3/t16-,17?,18?,19-,22-/m0/s1. The Morgan fingerprint density at radius 1 is 1.06 bits per heavy atom. The molecular formula is C26H30N4O4. The van der Waals surface area contributed by atoms with E-state index in [1.807, 2.05) is 27.8 Å². The van der Waals surface area contributed by atoms with E-state index in [9.17, 15) is 15.5 Å². The first-order chi connectivity index (χ1) is 16.3. The summed E-state index contributed by atoms with van der Waals surface area (Å²) in [5.41, 5.74) is 12.7. The number of fused-ring (bicyclic) bond motifs is 9. The Kier molecular flexibility index (Phi) is 4.59. The van der Waals surface area contributed by atoms with E-state index in [4.69, 9.17) is 15.2 Å². The Morgan fingerprint density at radius 3 is 2.50 bits per heavy atom. The third-order valence-electron chi connectivity index (χ3n) is 8.68. The van der Waals surface area contributed by atoms with E-state index in [1.165, 1.54) is 0 Å². The molecule has 2 aromatic carbocycles. The van der Waals surface area contributed by atoms with Crippen LogP contribution in [-0.4, -0.2) is 58.5 Å². The summed E-state index contributed by atoms with van der Waals surface area (Å²) in [7, 11) is 2.05. The predicted octanol–water partition coefficient (Wildman–Crippen LogP) is 2.48. The molecule has 1 fully saturated rings. The summed E-state index contributed by atoms with van der Waals surface area (Å²) in [4.78, 5) is 4.48. The van der Waals surface area contributed by atoms with Gasteiger partial charge in [0.1, 0.15) is 17.5 Å². The molecular weight excluding hydrogens is 432 g/mol. The number of hydrogen-bond acceptors (Lipinski definition) is 8. The number of aryl methyl sites for hydroxylation is 1. The third kappa shape index (κ3) is 2.52. The van der Waals surface area contributed by atoms with Gasteiger partial charge in [0.05, 0.1) is 18.2 Å². The molecule has 8 nitrogen and oxygen atoms in total. The molecule has 0 radical (unpaired) electrons. The summed E-state index contributed by atoms with van der Waals surface area (Å²) in [6, 6.07) is 3.71. The van der Waals surface area contributed by atoms with Gasteiger partial charge in [0.25, 0.3) is 0 Å². The first-order valence-electron chi connectivity index (χ1n) is 11.8. The molecule has 4 N–H and O–H groups in total. The quantitative estimate of drug-likeness (QED) is 0.592. The minimum Gasteiger partial charge on any atom is -0.507 e. The lowest BCUT2D eigenvalue weighted by atomic mass is 9.71. The lowest BCUT2D eigenvalue weighted by molar-refractivity contribution is -0.0709. The fourth-order valence-corrected chi connectivity index (χ4v) is 6.94. The summed E-state index contributed by atoms with van der Waals surface area (Å²) in [5.74, 6) is 1.73. The van der Waals surface area contributed by atoms with Crippen LogP contribution in [-0.2, 0) is 12.8 Å². The minimum atomic E-state index is -0.397. The molecule has 2 unspecified atom stereocenters. The maximum absolute atomic E-state index is 11.3. The highest BCUT2D eigenvalue weighted by Gasteiger charge is 2.56. The number of nitrogens with zero attached hydrogens (tertiary/aromatic N) is 3. The summed E-state index contributed by atoms with van der Waals surface area (Å²) in [6.45, 7) is 6.17. The zero-order chi connectivity index (χ0) is 24.0. The van der Waals surface area contributed by atoms with Gasteiger partial charge in [0.15, 0.2) is 11.5 Å². The predicted molar refractivity (Wildman–Crippen MR) is 125 cm³/mol. The molecule has 6 rings (SSSR count). The molecule has 0 aromatic heterocycles. The second-order valence-electron chi connectivity index (χ2n) is 10.1. The van der Waals surface area contributed by atoms with Crippen molar-refractivity contribution in [1.82, 2.24) is 9.80 Å². The number of phenolic OH excluding ortho intramolecular Hbond substituents is 2. The Labute approximate surface area is 199 Å². The zero-order valence-corrected chi connectivity index (χ0v) is 19.9. The first-order valence-corrected chi connectivity index (χ1v) is 11.8. The van der Waals surface area contributed by atoms with Crippen LogP contribution in [0, 0.1) is 32.1 Å². The van der Waals surface area contributed by atoms with Crippen LogP contribution in [0.15, 0.2) is 6.07 Å². The highest BCUT2D eigenvalue weighted by atomic mass is 16.7. The second-order valence-corrected chi connectivity index (χ2v) is 10.1. The highest BCUT2D eigenvalue weighted by molar-refractivity contribution is 5.66. The normalized spacial score (nSPS) is 29.2. The van der Waals surface area contributed by atoms with Crippen LogP contribution in [0.25, 0.3) is 0 Å². The number of piperazine rings is 1. The van der Waals surface area contributed by atoms with Crippen LogP contribution >= 0.6 is 0 Å². The highest BCUT2D eigenvalue weighted by Crippen LogP contribution is 2.57. The summed E-state index contributed by atoms with van der Waals surface area (Å²) < 4.78 is 11.6. The number of ether oxygens (including phenoxy) is 2. The average Bonchev–Trinajstić information content (AvgIpc) is 3.31. The van der Waals surface area contributed by atoms with Crippen molar-refractivity contribution < 1.29 is 19.7 Å². The maximum atomic E-state index is 11.3. The molecule has 4 aliphatic heterocycles. The molecule has 0 spiro atoms. The van der Waals surface area contributed by atoms with Crippen molar-refractivity contribution in [1.29, 1.82) is 5.26 Å². The van der Waals surface area contributed by atoms with Gasteiger partial charge < -0.3 is 25.4 Å². The van der Waals surface area contributed by atoms with Crippen LogP contribution < -0.4 is 15.2 Å². The van der Waals surface area contributed by atoms with Gasteiger partial charge >= 0.3 is 0 Å². The molecule has 4 aliphatic rings. The van der Waals surface area contributed by atoms with Crippen molar-refractivity contribution in [3.05, 3.63) is 45.0 Å². The van der Waals surface area contributed by atoms with Crippen molar-refractivity contribution in [3.63, 3.8) is 0 Å². The van der Waals surface area contributed by atoms with Gasteiger partial charge in [-0.25, -0.2) is 0 Å². The molecule has 4 heterocycles. The Hall–Kier alpha value is -2.99. The molecule has 8 heteroatoms. The molecule has 178 valence electrons. The number of aromatic hydroxyl groups is 2. The molecule has 1 saturated heterocycles. The topological polar surface area (TPSA) is 115 Å². The van der Waals surface area contributed by atoms with Gasteiger partial charge in [-0.15, -0.1) is 0 Å². The maximum Gasteiger partial charge on any atom is 0.231 e. The van der Waals surface area contributed by atoms with Crippen molar-refractivity contribution in [2.45, 2.75) is 63.8 Å². The number of benzene rings is 2. The number of phenols is 2. The molecule has 34 heavy (non-hydrogen) atoms. The van der Waals surface area contributed by atoms with Crippen LogP contribution in [0.1, 0.15) is 51.0 Å². The van der Waals surface area contributed by atoms with Crippen molar-refractivity contribution in [2.75, 3.05) is 20.4 Å². The Balaban J connectivity index is 1.61. The van der Waals surface area contributed by atoms with Crippen LogP contribution in [0.3, 0.4) is 0 Å². The minimum absolute atomic E-state index is 0.0416. The van der Waals surface area contributed by atoms with E-state index in [2.05, 4.69) is 21.9 Å². The van der Waals surface area contributed by atoms with Gasteiger partial charge in [-0.3, -0.25) is 9.80 Å². The largest absolute Gasteiger partial charge is 0.507 e. The van der Waals surface area contributed by atoms with Crippen molar-refractivity contribution in [2.24, 2.45) is 5.73 Å². The van der Waals surface area contributed by atoms with E-state index in [-0.39, 0.29) is 43.3 Å². The lowest BCUT2D eigenvalue weighted by Gasteiger charge is -2.60. The van der Waals surface area contributed by atoms with Gasteiger partial charge in [0, 0.05) is 40.9 Å². The van der Waals surface area contributed by atoms with E-state index >= 15 is 0 Å². The van der Waals surface area contributed by atoms with E-state index in [0.29, 0.717) is 35.7 Å².